The summed E-state index contributed by atoms with van der Waals surface area (Å²) in [7, 11) is -3.32. The summed E-state index contributed by atoms with van der Waals surface area (Å²) in [6, 6.07) is 12.7. The maximum atomic E-state index is 12.8. The lowest BCUT2D eigenvalue weighted by molar-refractivity contribution is 0.597. The van der Waals surface area contributed by atoms with Gasteiger partial charge in [0, 0.05) is 17.2 Å². The molecule has 3 nitrogen and oxygen atoms in total. The van der Waals surface area contributed by atoms with Gasteiger partial charge in [0.15, 0.2) is 9.84 Å². The number of benzene rings is 2. The molecule has 2 N–H and O–H groups in total. The molecule has 0 bridgehead atoms. The average molecular weight is 325 g/mol. The summed E-state index contributed by atoms with van der Waals surface area (Å²) < 4.78 is 37.2. The van der Waals surface area contributed by atoms with Crippen LogP contribution in [-0.4, -0.2) is 19.9 Å². The van der Waals surface area contributed by atoms with Gasteiger partial charge in [-0.1, -0.05) is 12.1 Å². The van der Waals surface area contributed by atoms with Crippen molar-refractivity contribution in [3.63, 3.8) is 0 Å². The van der Waals surface area contributed by atoms with E-state index in [0.717, 1.165) is 10.5 Å². The van der Waals surface area contributed by atoms with Crippen molar-refractivity contribution in [2.24, 2.45) is 5.73 Å². The molecule has 2 aromatic rings. The summed E-state index contributed by atoms with van der Waals surface area (Å²) >= 11 is 1.39. The van der Waals surface area contributed by atoms with E-state index in [0.29, 0.717) is 17.2 Å². The first-order valence-corrected chi connectivity index (χ1v) is 9.05. The fourth-order valence-electron chi connectivity index (χ4n) is 1.78. The van der Waals surface area contributed by atoms with Crippen LogP contribution in [0.25, 0.3) is 0 Å². The number of rotatable bonds is 6. The second-order valence-electron chi connectivity index (χ2n) is 4.47. The zero-order valence-corrected chi connectivity index (χ0v) is 13.0. The van der Waals surface area contributed by atoms with E-state index in [1.165, 1.54) is 23.9 Å². The third-order valence-electron chi connectivity index (χ3n) is 2.93. The monoisotopic (exact) mass is 325 g/mol. The second-order valence-corrected chi connectivity index (χ2v) is 7.75. The van der Waals surface area contributed by atoms with Crippen LogP contribution >= 0.6 is 11.8 Å². The second kappa shape index (κ2) is 7.06. The molecule has 0 atom stereocenters. The molecular weight excluding hydrogens is 309 g/mol. The molecule has 6 heteroatoms. The van der Waals surface area contributed by atoms with Gasteiger partial charge in [0.2, 0.25) is 0 Å². The van der Waals surface area contributed by atoms with E-state index in [-0.39, 0.29) is 11.6 Å². The molecule has 0 saturated heterocycles. The maximum absolute atomic E-state index is 12.8. The van der Waals surface area contributed by atoms with Gasteiger partial charge in [0.25, 0.3) is 0 Å². The summed E-state index contributed by atoms with van der Waals surface area (Å²) in [5, 5.41) is 0. The highest BCUT2D eigenvalue weighted by molar-refractivity contribution is 8.00. The van der Waals surface area contributed by atoms with E-state index in [1.54, 1.807) is 36.4 Å². The Morgan fingerprint density at radius 1 is 1.10 bits per heavy atom. The maximum Gasteiger partial charge on any atom is 0.179 e. The minimum absolute atomic E-state index is 0.0308. The zero-order chi connectivity index (χ0) is 15.3. The van der Waals surface area contributed by atoms with Gasteiger partial charge >= 0.3 is 0 Å². The molecule has 0 aliphatic carbocycles. The Balaban J connectivity index is 1.99. The molecule has 0 saturated carbocycles. The fraction of sp³-hybridized carbons (Fsp3) is 0.200. The van der Waals surface area contributed by atoms with Crippen LogP contribution in [0.3, 0.4) is 0 Å². The van der Waals surface area contributed by atoms with Crippen LogP contribution in [0.15, 0.2) is 58.3 Å². The lowest BCUT2D eigenvalue weighted by atomic mass is 10.2. The SMILES string of the molecule is NCc1cccc(S(=O)(=O)CCSc2ccc(F)cc2)c1. The van der Waals surface area contributed by atoms with Gasteiger partial charge in [-0.3, -0.25) is 0 Å². The Morgan fingerprint density at radius 3 is 2.48 bits per heavy atom. The highest BCUT2D eigenvalue weighted by Gasteiger charge is 2.14. The van der Waals surface area contributed by atoms with E-state index in [9.17, 15) is 12.8 Å². The Kier molecular flexibility index (Phi) is 5.39. The standard InChI is InChI=1S/C15H16FNO2S2/c16-13-4-6-14(7-5-13)20-8-9-21(18,19)15-3-1-2-12(10-15)11-17/h1-7,10H,8-9,11,17H2. The topological polar surface area (TPSA) is 60.2 Å². The van der Waals surface area contributed by atoms with Crippen LogP contribution in [0.1, 0.15) is 5.56 Å². The number of hydrogen-bond acceptors (Lipinski definition) is 4. The number of halogens is 1. The van der Waals surface area contributed by atoms with Crippen molar-refractivity contribution in [1.29, 1.82) is 0 Å². The minimum atomic E-state index is -3.32. The third-order valence-corrected chi connectivity index (χ3v) is 5.91. The molecule has 112 valence electrons. The zero-order valence-electron chi connectivity index (χ0n) is 11.3. The van der Waals surface area contributed by atoms with Crippen LogP contribution in [0, 0.1) is 5.82 Å². The molecule has 0 amide bonds. The molecule has 2 aromatic carbocycles. The predicted octanol–water partition coefficient (Wildman–Crippen LogP) is 2.85. The Bertz CT molecular complexity index is 700. The first-order valence-electron chi connectivity index (χ1n) is 6.41. The summed E-state index contributed by atoms with van der Waals surface area (Å²) in [5.74, 6) is 0.148. The largest absolute Gasteiger partial charge is 0.326 e. The van der Waals surface area contributed by atoms with Crippen molar-refractivity contribution in [3.8, 4) is 0 Å². The van der Waals surface area contributed by atoms with Crippen LogP contribution < -0.4 is 5.73 Å². The normalized spacial score (nSPS) is 11.5. The van der Waals surface area contributed by atoms with Gasteiger partial charge < -0.3 is 5.73 Å². The Labute approximate surface area is 128 Å². The smallest absolute Gasteiger partial charge is 0.179 e. The van der Waals surface area contributed by atoms with Crippen molar-refractivity contribution >= 4 is 21.6 Å². The third kappa shape index (κ3) is 4.56. The van der Waals surface area contributed by atoms with Crippen molar-refractivity contribution in [1.82, 2.24) is 0 Å². The van der Waals surface area contributed by atoms with Gasteiger partial charge in [-0.25, -0.2) is 12.8 Å². The highest BCUT2D eigenvalue weighted by Crippen LogP contribution is 2.20. The van der Waals surface area contributed by atoms with Crippen molar-refractivity contribution in [2.45, 2.75) is 16.3 Å². The molecule has 0 spiro atoms. The number of thioether (sulfide) groups is 1. The van der Waals surface area contributed by atoms with E-state index >= 15 is 0 Å². The van der Waals surface area contributed by atoms with E-state index in [2.05, 4.69) is 0 Å². The summed E-state index contributed by atoms with van der Waals surface area (Å²) in [6.45, 7) is 0.313. The first-order chi connectivity index (χ1) is 10.0. The number of nitrogens with two attached hydrogens (primary N) is 1. The van der Waals surface area contributed by atoms with Crippen molar-refractivity contribution in [2.75, 3.05) is 11.5 Å². The van der Waals surface area contributed by atoms with Crippen LogP contribution in [0.2, 0.25) is 0 Å². The quantitative estimate of drug-likeness (QED) is 0.830. The van der Waals surface area contributed by atoms with Crippen LogP contribution in [0.5, 0.6) is 0 Å². The summed E-state index contributed by atoms with van der Waals surface area (Å²) in [5.41, 5.74) is 6.31. The van der Waals surface area contributed by atoms with Gasteiger partial charge in [0.05, 0.1) is 10.6 Å². The van der Waals surface area contributed by atoms with E-state index in [4.69, 9.17) is 5.73 Å². The van der Waals surface area contributed by atoms with Gasteiger partial charge in [-0.2, -0.15) is 0 Å². The van der Waals surface area contributed by atoms with Gasteiger partial charge in [-0.05, 0) is 42.0 Å². The minimum Gasteiger partial charge on any atom is -0.326 e. The molecule has 0 aromatic heterocycles. The molecule has 0 unspecified atom stereocenters. The molecule has 0 aliphatic heterocycles. The molecule has 0 aliphatic rings. The lowest BCUT2D eigenvalue weighted by Gasteiger charge is -2.06. The predicted molar refractivity (Wildman–Crippen MR) is 83.5 cm³/mol. The Hall–Kier alpha value is -1.37. The number of sulfone groups is 1. The molecular formula is C15H16FNO2S2. The van der Waals surface area contributed by atoms with Crippen molar-refractivity contribution < 1.29 is 12.8 Å². The Morgan fingerprint density at radius 2 is 1.81 bits per heavy atom. The summed E-state index contributed by atoms with van der Waals surface area (Å²) in [4.78, 5) is 1.15. The van der Waals surface area contributed by atoms with Crippen molar-refractivity contribution in [3.05, 3.63) is 59.9 Å². The van der Waals surface area contributed by atoms with E-state index < -0.39 is 9.84 Å². The molecule has 0 radical (unpaired) electrons. The molecule has 0 heterocycles. The van der Waals surface area contributed by atoms with E-state index in [1.807, 2.05) is 0 Å². The first kappa shape index (κ1) is 16.0. The number of hydrogen-bond donors (Lipinski definition) is 1. The molecule has 21 heavy (non-hydrogen) atoms. The van der Waals surface area contributed by atoms with Gasteiger partial charge in [-0.15, -0.1) is 11.8 Å². The summed E-state index contributed by atoms with van der Waals surface area (Å²) in [6.07, 6.45) is 0. The highest BCUT2D eigenvalue weighted by atomic mass is 32.2. The van der Waals surface area contributed by atoms with Crippen LogP contribution in [-0.2, 0) is 16.4 Å². The lowest BCUT2D eigenvalue weighted by Crippen LogP contribution is -2.09. The average Bonchev–Trinajstić information content (AvgIpc) is 2.49. The molecule has 0 fully saturated rings. The fourth-order valence-corrected chi connectivity index (χ4v) is 4.41. The van der Waals surface area contributed by atoms with Crippen LogP contribution in [0.4, 0.5) is 4.39 Å². The molecule has 2 rings (SSSR count). The van der Waals surface area contributed by atoms with Gasteiger partial charge in [0.1, 0.15) is 5.82 Å².